The molecule has 1 aromatic carbocycles. The summed E-state index contributed by atoms with van der Waals surface area (Å²) in [6.45, 7) is 8.68. The van der Waals surface area contributed by atoms with Gasteiger partial charge >= 0.3 is 0 Å². The van der Waals surface area contributed by atoms with Gasteiger partial charge in [0.15, 0.2) is 0 Å². The van der Waals surface area contributed by atoms with Crippen molar-refractivity contribution in [3.63, 3.8) is 0 Å². The van der Waals surface area contributed by atoms with Gasteiger partial charge in [0.05, 0.1) is 0 Å². The van der Waals surface area contributed by atoms with E-state index in [0.717, 1.165) is 19.6 Å². The summed E-state index contributed by atoms with van der Waals surface area (Å²) in [4.78, 5) is 2.52. The van der Waals surface area contributed by atoms with Crippen molar-refractivity contribution in [3.8, 4) is 0 Å². The molecule has 1 fully saturated rings. The Labute approximate surface area is 111 Å². The lowest BCUT2D eigenvalue weighted by Crippen LogP contribution is -2.31. The number of hydrogen-bond donors (Lipinski definition) is 1. The van der Waals surface area contributed by atoms with E-state index in [1.807, 2.05) is 0 Å². The summed E-state index contributed by atoms with van der Waals surface area (Å²) in [5, 5.41) is 0. The molecule has 3 heteroatoms. The summed E-state index contributed by atoms with van der Waals surface area (Å²) in [6.07, 6.45) is 1.23. The molecule has 0 aliphatic carbocycles. The first-order valence-electron chi connectivity index (χ1n) is 6.10. The lowest BCUT2D eigenvalue weighted by Gasteiger charge is -2.23. The summed E-state index contributed by atoms with van der Waals surface area (Å²) in [5.74, 6) is 0. The number of benzene rings is 1. The second-order valence-electron chi connectivity index (χ2n) is 5.40. The first kappa shape index (κ1) is 14.5. The smallest absolute Gasteiger partial charge is 0.0236 e. The molecule has 2 rings (SSSR count). The summed E-state index contributed by atoms with van der Waals surface area (Å²) in [5.41, 5.74) is 9.00. The fourth-order valence-electron chi connectivity index (χ4n) is 2.46. The molecule has 17 heavy (non-hydrogen) atoms. The number of likely N-dealkylation sites (tertiary alicyclic amines) is 1. The minimum atomic E-state index is 0. The highest BCUT2D eigenvalue weighted by Crippen LogP contribution is 2.29. The lowest BCUT2D eigenvalue weighted by molar-refractivity contribution is 0.274. The Morgan fingerprint density at radius 1 is 1.35 bits per heavy atom. The maximum atomic E-state index is 5.83. The van der Waals surface area contributed by atoms with Crippen molar-refractivity contribution in [2.24, 2.45) is 11.1 Å². The topological polar surface area (TPSA) is 29.3 Å². The Bertz CT molecular complexity index is 367. The molecule has 1 atom stereocenters. The van der Waals surface area contributed by atoms with E-state index in [1.165, 1.54) is 24.1 Å². The Morgan fingerprint density at radius 3 is 2.65 bits per heavy atom. The van der Waals surface area contributed by atoms with Gasteiger partial charge in [-0.15, -0.1) is 12.4 Å². The number of rotatable bonds is 3. The predicted octanol–water partition coefficient (Wildman–Crippen LogP) is 2.59. The largest absolute Gasteiger partial charge is 0.330 e. The zero-order chi connectivity index (χ0) is 11.6. The lowest BCUT2D eigenvalue weighted by atomic mass is 9.90. The van der Waals surface area contributed by atoms with Crippen molar-refractivity contribution >= 4 is 12.4 Å². The van der Waals surface area contributed by atoms with Gasteiger partial charge in [0.2, 0.25) is 0 Å². The van der Waals surface area contributed by atoms with Crippen LogP contribution < -0.4 is 5.73 Å². The number of aryl methyl sites for hydroxylation is 1. The van der Waals surface area contributed by atoms with Crippen LogP contribution in [0.1, 0.15) is 24.5 Å². The average molecular weight is 255 g/mol. The van der Waals surface area contributed by atoms with Gasteiger partial charge in [-0.2, -0.15) is 0 Å². The van der Waals surface area contributed by atoms with Crippen molar-refractivity contribution in [1.29, 1.82) is 0 Å². The van der Waals surface area contributed by atoms with Crippen molar-refractivity contribution in [3.05, 3.63) is 35.4 Å². The fourth-order valence-corrected chi connectivity index (χ4v) is 2.46. The maximum absolute atomic E-state index is 5.83. The number of halogens is 1. The van der Waals surface area contributed by atoms with Crippen LogP contribution in [0.4, 0.5) is 0 Å². The minimum absolute atomic E-state index is 0. The van der Waals surface area contributed by atoms with Crippen molar-refractivity contribution in [1.82, 2.24) is 4.90 Å². The van der Waals surface area contributed by atoms with E-state index in [1.54, 1.807) is 0 Å². The molecule has 1 unspecified atom stereocenters. The van der Waals surface area contributed by atoms with E-state index in [4.69, 9.17) is 5.73 Å². The summed E-state index contributed by atoms with van der Waals surface area (Å²) in [7, 11) is 0. The van der Waals surface area contributed by atoms with E-state index < -0.39 is 0 Å². The molecule has 0 bridgehead atoms. The van der Waals surface area contributed by atoms with Gasteiger partial charge in [0.25, 0.3) is 0 Å². The zero-order valence-corrected chi connectivity index (χ0v) is 11.6. The van der Waals surface area contributed by atoms with E-state index in [0.29, 0.717) is 5.41 Å². The second kappa shape index (κ2) is 5.85. The third-order valence-electron chi connectivity index (χ3n) is 3.78. The highest BCUT2D eigenvalue weighted by Gasteiger charge is 2.32. The Morgan fingerprint density at radius 2 is 2.06 bits per heavy atom. The third kappa shape index (κ3) is 3.44. The van der Waals surface area contributed by atoms with Crippen molar-refractivity contribution < 1.29 is 0 Å². The van der Waals surface area contributed by atoms with Crippen LogP contribution in [-0.2, 0) is 6.54 Å². The Hall–Kier alpha value is -0.570. The van der Waals surface area contributed by atoms with Crippen molar-refractivity contribution in [2.75, 3.05) is 19.6 Å². The Kier molecular flexibility index (Phi) is 4.99. The molecule has 2 nitrogen and oxygen atoms in total. The monoisotopic (exact) mass is 254 g/mol. The maximum Gasteiger partial charge on any atom is 0.0236 e. The van der Waals surface area contributed by atoms with E-state index in [9.17, 15) is 0 Å². The molecule has 1 heterocycles. The van der Waals surface area contributed by atoms with Crippen LogP contribution in [0.3, 0.4) is 0 Å². The fraction of sp³-hybridized carbons (Fsp3) is 0.571. The molecule has 1 aliphatic rings. The van der Waals surface area contributed by atoms with Gasteiger partial charge in [-0.05, 0) is 43.0 Å². The molecule has 0 saturated carbocycles. The number of nitrogens with two attached hydrogens (primary N) is 1. The van der Waals surface area contributed by atoms with Crippen LogP contribution in [0.15, 0.2) is 24.3 Å². The molecule has 1 saturated heterocycles. The van der Waals surface area contributed by atoms with Gasteiger partial charge in [0, 0.05) is 13.1 Å². The zero-order valence-electron chi connectivity index (χ0n) is 10.8. The number of hydrogen-bond acceptors (Lipinski definition) is 2. The van der Waals surface area contributed by atoms with Crippen LogP contribution in [0.5, 0.6) is 0 Å². The van der Waals surface area contributed by atoms with Crippen molar-refractivity contribution in [2.45, 2.75) is 26.8 Å². The number of nitrogens with zero attached hydrogens (tertiary/aromatic N) is 1. The van der Waals surface area contributed by atoms with Gasteiger partial charge in [-0.3, -0.25) is 4.90 Å². The Balaban J connectivity index is 0.00000144. The molecule has 0 aromatic heterocycles. The summed E-state index contributed by atoms with van der Waals surface area (Å²) < 4.78 is 0. The molecule has 0 radical (unpaired) electrons. The van der Waals surface area contributed by atoms with Crippen LogP contribution >= 0.6 is 12.4 Å². The molecule has 0 amide bonds. The van der Waals surface area contributed by atoms with Crippen LogP contribution in [0.25, 0.3) is 0 Å². The summed E-state index contributed by atoms with van der Waals surface area (Å²) >= 11 is 0. The first-order chi connectivity index (χ1) is 7.63. The van der Waals surface area contributed by atoms with E-state index >= 15 is 0 Å². The first-order valence-corrected chi connectivity index (χ1v) is 6.10. The highest BCUT2D eigenvalue weighted by atomic mass is 35.5. The third-order valence-corrected chi connectivity index (χ3v) is 3.78. The quantitative estimate of drug-likeness (QED) is 0.899. The molecule has 2 N–H and O–H groups in total. The SMILES string of the molecule is Cc1ccccc1CN1CCC(C)(CN)C1.Cl. The molecule has 0 spiro atoms. The van der Waals surface area contributed by atoms with Gasteiger partial charge in [0.1, 0.15) is 0 Å². The van der Waals surface area contributed by atoms with Gasteiger partial charge in [-0.1, -0.05) is 31.2 Å². The molecule has 1 aliphatic heterocycles. The second-order valence-corrected chi connectivity index (χ2v) is 5.40. The molecular formula is C14H23ClN2. The average Bonchev–Trinajstić information content (AvgIpc) is 2.65. The summed E-state index contributed by atoms with van der Waals surface area (Å²) in [6, 6.07) is 8.65. The minimum Gasteiger partial charge on any atom is -0.330 e. The van der Waals surface area contributed by atoms with Crippen LogP contribution in [0, 0.1) is 12.3 Å². The molecule has 96 valence electrons. The van der Waals surface area contributed by atoms with E-state index in [2.05, 4.69) is 43.0 Å². The van der Waals surface area contributed by atoms with E-state index in [-0.39, 0.29) is 12.4 Å². The highest BCUT2D eigenvalue weighted by molar-refractivity contribution is 5.85. The van der Waals surface area contributed by atoms with Crippen LogP contribution in [0.2, 0.25) is 0 Å². The standard InChI is InChI=1S/C14H22N2.ClH/c1-12-5-3-4-6-13(12)9-16-8-7-14(2,10-15)11-16;/h3-6H,7-11,15H2,1-2H3;1H. The van der Waals surface area contributed by atoms with Crippen LogP contribution in [-0.4, -0.2) is 24.5 Å². The predicted molar refractivity (Wildman–Crippen MR) is 75.5 cm³/mol. The molecular weight excluding hydrogens is 232 g/mol. The van der Waals surface area contributed by atoms with Gasteiger partial charge < -0.3 is 5.73 Å². The normalized spacial score (nSPS) is 24.6. The van der Waals surface area contributed by atoms with Gasteiger partial charge in [-0.25, -0.2) is 0 Å². The molecule has 1 aromatic rings.